The third kappa shape index (κ3) is 3.68. The van der Waals surface area contributed by atoms with Gasteiger partial charge < -0.3 is 5.32 Å². The van der Waals surface area contributed by atoms with Gasteiger partial charge in [-0.2, -0.15) is 0 Å². The van der Waals surface area contributed by atoms with Crippen molar-refractivity contribution in [2.75, 3.05) is 5.32 Å². The Kier molecular flexibility index (Phi) is 5.35. The fourth-order valence-electron chi connectivity index (χ4n) is 1.71. The van der Waals surface area contributed by atoms with Gasteiger partial charge in [0.05, 0.1) is 9.53 Å². The number of anilines is 1. The van der Waals surface area contributed by atoms with Crippen molar-refractivity contribution in [3.8, 4) is 0 Å². The zero-order chi connectivity index (χ0) is 14.7. The standard InChI is InChI=1S/C13H13BrClFN2OS/c1-2-3-4-8(14)12(19)18-13-17-11-9(16)5-7(15)6-10(11)20-13/h5-6,8H,2-4H2,1H3,(H,17,18,19)/t8-/m0/s1. The quantitative estimate of drug-likeness (QED) is 0.744. The molecule has 2 rings (SSSR count). The molecule has 1 amide bonds. The molecule has 3 nitrogen and oxygen atoms in total. The van der Waals surface area contributed by atoms with Crippen molar-refractivity contribution in [1.82, 2.24) is 4.98 Å². The summed E-state index contributed by atoms with van der Waals surface area (Å²) in [4.78, 5) is 15.8. The zero-order valence-corrected chi connectivity index (χ0v) is 13.9. The molecule has 0 saturated heterocycles. The Morgan fingerprint density at radius 2 is 2.35 bits per heavy atom. The van der Waals surface area contributed by atoms with Gasteiger partial charge in [0.1, 0.15) is 5.52 Å². The van der Waals surface area contributed by atoms with E-state index < -0.39 is 5.82 Å². The maximum Gasteiger partial charge on any atom is 0.239 e. The molecular weight excluding hydrogens is 367 g/mol. The summed E-state index contributed by atoms with van der Waals surface area (Å²) in [6.45, 7) is 2.07. The Hall–Kier alpha value is -0.720. The molecule has 0 bridgehead atoms. The fourth-order valence-corrected chi connectivity index (χ4v) is 3.34. The number of aromatic nitrogens is 1. The van der Waals surface area contributed by atoms with Gasteiger partial charge in [0.15, 0.2) is 10.9 Å². The highest BCUT2D eigenvalue weighted by Crippen LogP contribution is 2.30. The molecule has 0 aliphatic heterocycles. The summed E-state index contributed by atoms with van der Waals surface area (Å²) in [5.74, 6) is -0.644. The van der Waals surface area contributed by atoms with E-state index >= 15 is 0 Å². The van der Waals surface area contributed by atoms with Gasteiger partial charge >= 0.3 is 0 Å². The minimum Gasteiger partial charge on any atom is -0.301 e. The monoisotopic (exact) mass is 378 g/mol. The van der Waals surface area contributed by atoms with Crippen molar-refractivity contribution in [2.45, 2.75) is 31.0 Å². The van der Waals surface area contributed by atoms with E-state index in [9.17, 15) is 9.18 Å². The van der Waals surface area contributed by atoms with E-state index in [0.29, 0.717) is 14.9 Å². The fraction of sp³-hybridized carbons (Fsp3) is 0.385. The molecule has 108 valence electrons. The van der Waals surface area contributed by atoms with Crippen molar-refractivity contribution in [3.05, 3.63) is 23.0 Å². The van der Waals surface area contributed by atoms with Crippen LogP contribution in [0.4, 0.5) is 9.52 Å². The number of hydrogen-bond acceptors (Lipinski definition) is 3. The second-order valence-corrected chi connectivity index (χ2v) is 6.92. The van der Waals surface area contributed by atoms with Crippen LogP contribution in [0.5, 0.6) is 0 Å². The molecule has 1 heterocycles. The van der Waals surface area contributed by atoms with E-state index in [-0.39, 0.29) is 16.3 Å². The number of amides is 1. The Morgan fingerprint density at radius 1 is 1.60 bits per heavy atom. The highest BCUT2D eigenvalue weighted by Gasteiger charge is 2.17. The second kappa shape index (κ2) is 6.83. The predicted octanol–water partition coefficient (Wildman–Crippen LogP) is 4.98. The summed E-state index contributed by atoms with van der Waals surface area (Å²) in [6, 6.07) is 2.85. The van der Waals surface area contributed by atoms with Gasteiger partial charge in [-0.3, -0.25) is 4.79 Å². The minimum atomic E-state index is -0.481. The topological polar surface area (TPSA) is 42.0 Å². The zero-order valence-electron chi connectivity index (χ0n) is 10.8. The average molecular weight is 380 g/mol. The van der Waals surface area contributed by atoms with Crippen molar-refractivity contribution in [3.63, 3.8) is 0 Å². The number of hydrogen-bond donors (Lipinski definition) is 1. The molecule has 1 N–H and O–H groups in total. The van der Waals surface area contributed by atoms with Gasteiger partial charge in [-0.15, -0.1) is 0 Å². The molecule has 0 unspecified atom stereocenters. The highest BCUT2D eigenvalue weighted by atomic mass is 79.9. The first kappa shape index (κ1) is 15.7. The van der Waals surface area contributed by atoms with Crippen LogP contribution in [0.1, 0.15) is 26.2 Å². The Morgan fingerprint density at radius 3 is 3.05 bits per heavy atom. The molecule has 0 aliphatic rings. The molecule has 20 heavy (non-hydrogen) atoms. The smallest absolute Gasteiger partial charge is 0.239 e. The maximum atomic E-state index is 13.7. The lowest BCUT2D eigenvalue weighted by molar-refractivity contribution is -0.115. The normalized spacial score (nSPS) is 12.6. The molecule has 0 fully saturated rings. The average Bonchev–Trinajstić information content (AvgIpc) is 2.78. The lowest BCUT2D eigenvalue weighted by Gasteiger charge is -2.07. The molecule has 2 aromatic rings. The summed E-state index contributed by atoms with van der Waals surface area (Å²) >= 11 is 10.3. The van der Waals surface area contributed by atoms with Crippen molar-refractivity contribution >= 4 is 60.1 Å². The van der Waals surface area contributed by atoms with Gasteiger partial charge in [-0.05, 0) is 18.6 Å². The van der Waals surface area contributed by atoms with Crippen LogP contribution in [0.15, 0.2) is 12.1 Å². The summed E-state index contributed by atoms with van der Waals surface area (Å²) in [6.07, 6.45) is 2.75. The number of halogens is 3. The Balaban J connectivity index is 2.14. The number of carbonyl (C=O) groups is 1. The molecule has 1 atom stereocenters. The number of alkyl halides is 1. The van der Waals surface area contributed by atoms with Crippen molar-refractivity contribution in [1.29, 1.82) is 0 Å². The van der Waals surface area contributed by atoms with E-state index in [1.807, 2.05) is 0 Å². The van der Waals surface area contributed by atoms with E-state index in [0.717, 1.165) is 19.3 Å². The lowest BCUT2D eigenvalue weighted by atomic mass is 10.2. The van der Waals surface area contributed by atoms with Crippen LogP contribution < -0.4 is 5.32 Å². The first-order valence-corrected chi connectivity index (χ1v) is 8.32. The van der Waals surface area contributed by atoms with Crippen LogP contribution in [0.25, 0.3) is 10.2 Å². The predicted molar refractivity (Wildman–Crippen MR) is 85.5 cm³/mol. The number of nitrogens with one attached hydrogen (secondary N) is 1. The third-order valence-corrected chi connectivity index (χ3v) is 4.75. The highest BCUT2D eigenvalue weighted by molar-refractivity contribution is 9.10. The summed E-state index contributed by atoms with van der Waals surface area (Å²) in [7, 11) is 0. The lowest BCUT2D eigenvalue weighted by Crippen LogP contribution is -2.22. The van der Waals surface area contributed by atoms with E-state index in [2.05, 4.69) is 33.2 Å². The van der Waals surface area contributed by atoms with Crippen LogP contribution in [0.3, 0.4) is 0 Å². The van der Waals surface area contributed by atoms with Crippen molar-refractivity contribution < 1.29 is 9.18 Å². The Labute approximate surface area is 133 Å². The van der Waals surface area contributed by atoms with Crippen molar-refractivity contribution in [2.24, 2.45) is 0 Å². The number of carbonyl (C=O) groups excluding carboxylic acids is 1. The number of unbranched alkanes of at least 4 members (excludes halogenated alkanes) is 1. The van der Waals surface area contributed by atoms with E-state index in [1.54, 1.807) is 6.07 Å². The largest absolute Gasteiger partial charge is 0.301 e. The van der Waals surface area contributed by atoms with Gasteiger partial charge in [0.2, 0.25) is 5.91 Å². The van der Waals surface area contributed by atoms with Crippen LogP contribution in [-0.4, -0.2) is 15.7 Å². The maximum absolute atomic E-state index is 13.7. The van der Waals surface area contributed by atoms with Gasteiger partial charge in [0, 0.05) is 5.02 Å². The summed E-state index contributed by atoms with van der Waals surface area (Å²) in [5, 5.41) is 3.40. The molecule has 1 aromatic carbocycles. The second-order valence-electron chi connectivity index (χ2n) is 4.35. The molecule has 7 heteroatoms. The number of nitrogens with zero attached hydrogens (tertiary/aromatic N) is 1. The van der Waals surface area contributed by atoms with Crippen LogP contribution in [-0.2, 0) is 4.79 Å². The summed E-state index contributed by atoms with van der Waals surface area (Å²) in [5.41, 5.74) is 0.231. The van der Waals surface area contributed by atoms with Crippen LogP contribution >= 0.6 is 38.9 Å². The molecular formula is C13H13BrClFN2OS. The van der Waals surface area contributed by atoms with Gasteiger partial charge in [-0.25, -0.2) is 9.37 Å². The Bertz CT molecular complexity index is 634. The van der Waals surface area contributed by atoms with E-state index in [4.69, 9.17) is 11.6 Å². The molecule has 0 radical (unpaired) electrons. The number of rotatable bonds is 5. The van der Waals surface area contributed by atoms with Gasteiger partial charge in [-0.1, -0.05) is 58.6 Å². The van der Waals surface area contributed by atoms with Crippen LogP contribution in [0, 0.1) is 5.82 Å². The number of thiazole rings is 1. The molecule has 0 saturated carbocycles. The minimum absolute atomic E-state index is 0.163. The molecule has 0 spiro atoms. The van der Waals surface area contributed by atoms with Crippen LogP contribution in [0.2, 0.25) is 5.02 Å². The first-order valence-electron chi connectivity index (χ1n) is 6.21. The number of fused-ring (bicyclic) bond motifs is 1. The van der Waals surface area contributed by atoms with Gasteiger partial charge in [0.25, 0.3) is 0 Å². The molecule has 0 aliphatic carbocycles. The molecule has 1 aromatic heterocycles. The first-order chi connectivity index (χ1) is 9.51. The third-order valence-electron chi connectivity index (χ3n) is 2.74. The van der Waals surface area contributed by atoms with E-state index in [1.165, 1.54) is 17.4 Å². The SMILES string of the molecule is CCCC[C@H](Br)C(=O)Nc1nc2c(F)cc(Cl)cc2s1. The number of benzene rings is 1. The summed E-state index contributed by atoms with van der Waals surface area (Å²) < 4.78 is 14.3.